The minimum Gasteiger partial charge on any atom is -0.456 e. The first-order valence-electron chi connectivity index (χ1n) is 14.4. The number of para-hydroxylation sites is 1. The molecule has 0 aliphatic heterocycles. The average Bonchev–Trinajstić information content (AvgIpc) is 3.64. The molecular formula is C39H24N2OS. The van der Waals surface area contributed by atoms with Gasteiger partial charge < -0.3 is 9.32 Å². The highest BCUT2D eigenvalue weighted by Crippen LogP contribution is 2.41. The van der Waals surface area contributed by atoms with Crippen molar-refractivity contribution in [3.05, 3.63) is 146 Å². The third-order valence-corrected chi connectivity index (χ3v) is 9.50. The third kappa shape index (κ3) is 3.92. The molecule has 0 amide bonds. The molecule has 4 heteroatoms. The molecule has 0 unspecified atom stereocenters. The van der Waals surface area contributed by atoms with E-state index in [0.717, 1.165) is 39.0 Å². The van der Waals surface area contributed by atoms with E-state index in [9.17, 15) is 0 Å². The van der Waals surface area contributed by atoms with Crippen LogP contribution in [-0.2, 0) is 0 Å². The number of hydrogen-bond donors (Lipinski definition) is 0. The molecule has 43 heavy (non-hydrogen) atoms. The molecule has 3 aromatic heterocycles. The van der Waals surface area contributed by atoms with Gasteiger partial charge in [0.1, 0.15) is 11.2 Å². The zero-order chi connectivity index (χ0) is 28.3. The molecule has 0 atom stereocenters. The maximum atomic E-state index is 6.13. The van der Waals surface area contributed by atoms with Crippen LogP contribution in [0.25, 0.3) is 64.0 Å². The number of furan rings is 1. The van der Waals surface area contributed by atoms with Crippen molar-refractivity contribution in [3.63, 3.8) is 0 Å². The van der Waals surface area contributed by atoms with Gasteiger partial charge in [-0.3, -0.25) is 4.98 Å². The van der Waals surface area contributed by atoms with Crippen LogP contribution >= 0.6 is 11.3 Å². The Balaban J connectivity index is 1.16. The van der Waals surface area contributed by atoms with Crippen molar-refractivity contribution in [3.8, 4) is 11.1 Å². The lowest BCUT2D eigenvalue weighted by Crippen LogP contribution is -2.09. The summed E-state index contributed by atoms with van der Waals surface area (Å²) < 4.78 is 8.76. The van der Waals surface area contributed by atoms with E-state index >= 15 is 0 Å². The lowest BCUT2D eigenvalue weighted by atomic mass is 9.98. The molecule has 9 aromatic rings. The van der Waals surface area contributed by atoms with E-state index in [1.807, 2.05) is 23.6 Å². The van der Waals surface area contributed by atoms with Crippen molar-refractivity contribution < 1.29 is 4.42 Å². The van der Waals surface area contributed by atoms with Crippen molar-refractivity contribution in [1.29, 1.82) is 0 Å². The van der Waals surface area contributed by atoms with E-state index in [-0.39, 0.29) is 0 Å². The number of thiophene rings is 1. The number of benzene rings is 6. The van der Waals surface area contributed by atoms with Crippen LogP contribution in [0.4, 0.5) is 17.1 Å². The van der Waals surface area contributed by atoms with E-state index in [2.05, 4.69) is 137 Å². The number of pyridine rings is 1. The summed E-state index contributed by atoms with van der Waals surface area (Å²) >= 11 is 1.85. The molecule has 0 saturated heterocycles. The van der Waals surface area contributed by atoms with Gasteiger partial charge in [0, 0.05) is 60.4 Å². The van der Waals surface area contributed by atoms with Crippen molar-refractivity contribution in [2.75, 3.05) is 4.90 Å². The topological polar surface area (TPSA) is 29.3 Å². The van der Waals surface area contributed by atoms with Crippen LogP contribution in [-0.4, -0.2) is 4.98 Å². The van der Waals surface area contributed by atoms with Crippen LogP contribution in [0.3, 0.4) is 0 Å². The molecule has 0 aliphatic rings. The quantitative estimate of drug-likeness (QED) is 0.211. The molecule has 3 nitrogen and oxygen atoms in total. The Morgan fingerprint density at radius 2 is 1.26 bits per heavy atom. The summed E-state index contributed by atoms with van der Waals surface area (Å²) in [6.45, 7) is 0. The fourth-order valence-corrected chi connectivity index (χ4v) is 7.39. The molecule has 6 aromatic carbocycles. The van der Waals surface area contributed by atoms with E-state index < -0.39 is 0 Å². The fraction of sp³-hybridized carbons (Fsp3) is 0. The van der Waals surface area contributed by atoms with Gasteiger partial charge in [-0.25, -0.2) is 0 Å². The van der Waals surface area contributed by atoms with Gasteiger partial charge in [0.05, 0.1) is 0 Å². The van der Waals surface area contributed by atoms with Gasteiger partial charge in [-0.05, 0) is 88.6 Å². The second kappa shape index (κ2) is 9.55. The van der Waals surface area contributed by atoms with E-state index in [1.54, 1.807) is 6.20 Å². The Kier molecular flexibility index (Phi) is 5.37. The molecule has 202 valence electrons. The van der Waals surface area contributed by atoms with Gasteiger partial charge in [-0.2, -0.15) is 0 Å². The van der Waals surface area contributed by atoms with Crippen molar-refractivity contribution >= 4 is 81.3 Å². The normalized spacial score (nSPS) is 11.7. The summed E-state index contributed by atoms with van der Waals surface area (Å²) in [7, 11) is 0. The summed E-state index contributed by atoms with van der Waals surface area (Å²) in [4.78, 5) is 6.70. The Morgan fingerprint density at radius 3 is 2.16 bits per heavy atom. The van der Waals surface area contributed by atoms with Crippen molar-refractivity contribution in [1.82, 2.24) is 4.98 Å². The summed E-state index contributed by atoms with van der Waals surface area (Å²) in [5, 5.41) is 7.12. The summed E-state index contributed by atoms with van der Waals surface area (Å²) in [5.74, 6) is 0. The number of fused-ring (bicyclic) bond motifs is 8. The molecule has 0 N–H and O–H groups in total. The second-order valence-electron chi connectivity index (χ2n) is 10.8. The average molecular weight is 569 g/mol. The van der Waals surface area contributed by atoms with Crippen LogP contribution in [0.5, 0.6) is 0 Å². The Morgan fingerprint density at radius 1 is 0.512 bits per heavy atom. The zero-order valence-corrected chi connectivity index (χ0v) is 23.9. The Bertz CT molecular complexity index is 2460. The standard InChI is InChI=1S/C39H24N2OS/c1-2-6-28(7-3-1)41(30-17-19-38-33(23-30)31-8-4-5-9-37(31)43-38)29-15-12-25(13-16-29)27-11-10-26-14-18-36-39(32(26)22-27)34-24-40-21-20-35(34)42-36/h1-24H. The largest absolute Gasteiger partial charge is 0.456 e. The molecule has 9 rings (SSSR count). The maximum absolute atomic E-state index is 6.13. The SMILES string of the molecule is c1ccc(N(c2ccc(-c3ccc4ccc5oc6ccncc6c5c4c3)cc2)c2ccc3sc4ccccc4c3c2)cc1. The minimum absolute atomic E-state index is 0.863. The molecule has 0 fully saturated rings. The van der Waals surface area contributed by atoms with Crippen LogP contribution in [0.2, 0.25) is 0 Å². The van der Waals surface area contributed by atoms with E-state index in [4.69, 9.17) is 4.42 Å². The molecular weight excluding hydrogens is 545 g/mol. The van der Waals surface area contributed by atoms with Gasteiger partial charge in [-0.15, -0.1) is 11.3 Å². The monoisotopic (exact) mass is 568 g/mol. The van der Waals surface area contributed by atoms with Crippen LogP contribution in [0.1, 0.15) is 0 Å². The summed E-state index contributed by atoms with van der Waals surface area (Å²) in [5.41, 5.74) is 7.47. The van der Waals surface area contributed by atoms with E-state index in [1.165, 1.54) is 42.1 Å². The van der Waals surface area contributed by atoms with Crippen LogP contribution in [0, 0.1) is 0 Å². The molecule has 3 heterocycles. The number of hydrogen-bond acceptors (Lipinski definition) is 4. The molecule has 0 spiro atoms. The highest BCUT2D eigenvalue weighted by atomic mass is 32.1. The first kappa shape index (κ1) is 24.2. The lowest BCUT2D eigenvalue weighted by molar-refractivity contribution is 0.668. The first-order chi connectivity index (χ1) is 21.3. The van der Waals surface area contributed by atoms with Gasteiger partial charge in [0.2, 0.25) is 0 Å². The number of nitrogens with zero attached hydrogens (tertiary/aromatic N) is 2. The van der Waals surface area contributed by atoms with E-state index in [0.29, 0.717) is 0 Å². The highest BCUT2D eigenvalue weighted by molar-refractivity contribution is 7.25. The lowest BCUT2D eigenvalue weighted by Gasteiger charge is -2.26. The van der Waals surface area contributed by atoms with Crippen LogP contribution < -0.4 is 4.90 Å². The van der Waals surface area contributed by atoms with Gasteiger partial charge in [0.25, 0.3) is 0 Å². The highest BCUT2D eigenvalue weighted by Gasteiger charge is 2.16. The molecule has 0 bridgehead atoms. The number of anilines is 3. The number of rotatable bonds is 4. The molecule has 0 saturated carbocycles. The first-order valence-corrected chi connectivity index (χ1v) is 15.2. The zero-order valence-electron chi connectivity index (χ0n) is 23.1. The van der Waals surface area contributed by atoms with Gasteiger partial charge in [-0.1, -0.05) is 66.7 Å². The number of aromatic nitrogens is 1. The van der Waals surface area contributed by atoms with Crippen molar-refractivity contribution in [2.45, 2.75) is 0 Å². The molecule has 0 radical (unpaired) electrons. The van der Waals surface area contributed by atoms with Gasteiger partial charge in [0.15, 0.2) is 0 Å². The second-order valence-corrected chi connectivity index (χ2v) is 11.9. The third-order valence-electron chi connectivity index (χ3n) is 8.35. The maximum Gasteiger partial charge on any atom is 0.138 e. The predicted molar refractivity (Wildman–Crippen MR) is 182 cm³/mol. The fourth-order valence-electron chi connectivity index (χ4n) is 6.30. The molecule has 0 aliphatic carbocycles. The Labute approximate surface area is 251 Å². The summed E-state index contributed by atoms with van der Waals surface area (Å²) in [6, 6.07) is 47.8. The van der Waals surface area contributed by atoms with Gasteiger partial charge >= 0.3 is 0 Å². The van der Waals surface area contributed by atoms with Crippen molar-refractivity contribution in [2.24, 2.45) is 0 Å². The Hall–Kier alpha value is -5.45. The minimum atomic E-state index is 0.863. The smallest absolute Gasteiger partial charge is 0.138 e. The van der Waals surface area contributed by atoms with Crippen LogP contribution in [0.15, 0.2) is 150 Å². The summed E-state index contributed by atoms with van der Waals surface area (Å²) in [6.07, 6.45) is 3.68. The predicted octanol–water partition coefficient (Wildman–Crippen LogP) is 11.6.